The Bertz CT molecular complexity index is 526. The third kappa shape index (κ3) is 4.61. The number of ether oxygens (including phenoxy) is 1. The van der Waals surface area contributed by atoms with Gasteiger partial charge in [-0.15, -0.1) is 0 Å². The SMILES string of the molecule is COc1ccc(NC(N)=NCC2(N(C)C)CCCC(C)C2)cc1. The van der Waals surface area contributed by atoms with Gasteiger partial charge >= 0.3 is 0 Å². The Balaban J connectivity index is 2.01. The van der Waals surface area contributed by atoms with E-state index in [0.717, 1.165) is 23.9 Å². The van der Waals surface area contributed by atoms with Gasteiger partial charge in [0.1, 0.15) is 5.75 Å². The fourth-order valence-electron chi connectivity index (χ4n) is 3.42. The van der Waals surface area contributed by atoms with Gasteiger partial charge in [-0.25, -0.2) is 0 Å². The van der Waals surface area contributed by atoms with Crippen molar-refractivity contribution in [2.24, 2.45) is 16.6 Å². The number of aliphatic imine (C=N–C) groups is 1. The summed E-state index contributed by atoms with van der Waals surface area (Å²) in [6, 6.07) is 7.68. The zero-order chi connectivity index (χ0) is 16.9. The molecule has 0 saturated heterocycles. The summed E-state index contributed by atoms with van der Waals surface area (Å²) in [5.74, 6) is 2.04. The molecule has 1 aliphatic carbocycles. The number of nitrogens with zero attached hydrogens (tertiary/aromatic N) is 2. The number of benzene rings is 1. The van der Waals surface area contributed by atoms with E-state index in [9.17, 15) is 0 Å². The first-order chi connectivity index (χ1) is 10.9. The van der Waals surface area contributed by atoms with Crippen LogP contribution in [0.25, 0.3) is 0 Å². The minimum absolute atomic E-state index is 0.129. The predicted octanol–water partition coefficient (Wildman–Crippen LogP) is 2.93. The zero-order valence-electron chi connectivity index (χ0n) is 14.8. The van der Waals surface area contributed by atoms with Crippen LogP contribution < -0.4 is 15.8 Å². The van der Waals surface area contributed by atoms with Crippen LogP contribution in [0.1, 0.15) is 32.6 Å². The first-order valence-corrected chi connectivity index (χ1v) is 8.33. The molecule has 0 aliphatic heterocycles. The van der Waals surface area contributed by atoms with Crippen LogP contribution in [-0.4, -0.2) is 44.1 Å². The van der Waals surface area contributed by atoms with Gasteiger partial charge in [-0.1, -0.05) is 19.8 Å². The van der Waals surface area contributed by atoms with E-state index in [4.69, 9.17) is 10.5 Å². The molecule has 1 saturated carbocycles. The average molecular weight is 318 g/mol. The smallest absolute Gasteiger partial charge is 0.193 e. The van der Waals surface area contributed by atoms with Gasteiger partial charge in [0.25, 0.3) is 0 Å². The van der Waals surface area contributed by atoms with Crippen LogP contribution in [0.3, 0.4) is 0 Å². The lowest BCUT2D eigenvalue weighted by molar-refractivity contribution is 0.0846. The molecule has 0 bridgehead atoms. The molecule has 1 aromatic carbocycles. The van der Waals surface area contributed by atoms with Crippen LogP contribution in [0.5, 0.6) is 5.75 Å². The largest absolute Gasteiger partial charge is 0.497 e. The van der Waals surface area contributed by atoms with Gasteiger partial charge in [0.2, 0.25) is 0 Å². The van der Waals surface area contributed by atoms with Gasteiger partial charge in [0.15, 0.2) is 5.96 Å². The summed E-state index contributed by atoms with van der Waals surface area (Å²) in [6.45, 7) is 3.07. The molecule has 0 radical (unpaired) electrons. The highest BCUT2D eigenvalue weighted by atomic mass is 16.5. The van der Waals surface area contributed by atoms with Crippen LogP contribution in [-0.2, 0) is 0 Å². The molecular weight excluding hydrogens is 288 g/mol. The molecule has 3 N–H and O–H groups in total. The van der Waals surface area contributed by atoms with E-state index in [1.54, 1.807) is 7.11 Å². The molecule has 128 valence electrons. The fraction of sp³-hybridized carbons (Fsp3) is 0.611. The van der Waals surface area contributed by atoms with Crippen LogP contribution >= 0.6 is 0 Å². The minimum atomic E-state index is 0.129. The van der Waals surface area contributed by atoms with Crippen molar-refractivity contribution < 1.29 is 4.74 Å². The van der Waals surface area contributed by atoms with E-state index in [0.29, 0.717) is 5.96 Å². The van der Waals surface area contributed by atoms with Gasteiger partial charge in [-0.05, 0) is 57.1 Å². The third-order valence-electron chi connectivity index (χ3n) is 4.92. The van der Waals surface area contributed by atoms with E-state index in [2.05, 4.69) is 36.2 Å². The monoisotopic (exact) mass is 318 g/mol. The van der Waals surface area contributed by atoms with E-state index < -0.39 is 0 Å². The highest BCUT2D eigenvalue weighted by Gasteiger charge is 2.36. The summed E-state index contributed by atoms with van der Waals surface area (Å²) in [4.78, 5) is 6.95. The fourth-order valence-corrected chi connectivity index (χ4v) is 3.42. The lowest BCUT2D eigenvalue weighted by Gasteiger charge is -2.44. The first-order valence-electron chi connectivity index (χ1n) is 8.33. The second-order valence-electron chi connectivity index (χ2n) is 6.88. The molecular formula is C18H30N4O. The Kier molecular flexibility index (Phi) is 5.88. The van der Waals surface area contributed by atoms with Gasteiger partial charge in [-0.3, -0.25) is 4.99 Å². The van der Waals surface area contributed by atoms with Crippen molar-refractivity contribution >= 4 is 11.6 Å². The summed E-state index contributed by atoms with van der Waals surface area (Å²) < 4.78 is 5.16. The predicted molar refractivity (Wildman–Crippen MR) is 97.2 cm³/mol. The summed E-state index contributed by atoms with van der Waals surface area (Å²) in [5.41, 5.74) is 7.12. The second-order valence-corrected chi connectivity index (χ2v) is 6.88. The second kappa shape index (κ2) is 7.68. The molecule has 1 aromatic rings. The number of likely N-dealkylation sites (N-methyl/N-ethyl adjacent to an activating group) is 1. The molecule has 0 amide bonds. The maximum atomic E-state index is 6.08. The Labute approximate surface area is 139 Å². The van der Waals surface area contributed by atoms with Crippen molar-refractivity contribution in [3.8, 4) is 5.75 Å². The molecule has 2 unspecified atom stereocenters. The average Bonchev–Trinajstić information content (AvgIpc) is 2.53. The number of nitrogens with one attached hydrogen (secondary N) is 1. The summed E-state index contributed by atoms with van der Waals surface area (Å²) >= 11 is 0. The van der Waals surface area contributed by atoms with Crippen LogP contribution in [0.15, 0.2) is 29.3 Å². The zero-order valence-corrected chi connectivity index (χ0v) is 14.8. The normalized spacial score (nSPS) is 25.4. The number of anilines is 1. The highest BCUT2D eigenvalue weighted by molar-refractivity contribution is 5.92. The van der Waals surface area contributed by atoms with E-state index >= 15 is 0 Å². The number of nitrogens with two attached hydrogens (primary N) is 1. The van der Waals surface area contributed by atoms with E-state index in [-0.39, 0.29) is 5.54 Å². The molecule has 1 fully saturated rings. The van der Waals surface area contributed by atoms with Crippen molar-refractivity contribution in [3.63, 3.8) is 0 Å². The van der Waals surface area contributed by atoms with Crippen molar-refractivity contribution in [2.75, 3.05) is 33.1 Å². The minimum Gasteiger partial charge on any atom is -0.497 e. The number of hydrogen-bond donors (Lipinski definition) is 2. The van der Waals surface area contributed by atoms with Crippen molar-refractivity contribution in [1.82, 2.24) is 4.90 Å². The molecule has 0 aromatic heterocycles. The molecule has 5 nitrogen and oxygen atoms in total. The van der Waals surface area contributed by atoms with Gasteiger partial charge < -0.3 is 20.7 Å². The van der Waals surface area contributed by atoms with Crippen LogP contribution in [0.2, 0.25) is 0 Å². The van der Waals surface area contributed by atoms with E-state index in [1.807, 2.05) is 24.3 Å². The third-order valence-corrected chi connectivity index (χ3v) is 4.92. The molecule has 23 heavy (non-hydrogen) atoms. The lowest BCUT2D eigenvalue weighted by atomic mass is 9.75. The number of rotatable bonds is 5. The summed E-state index contributed by atoms with van der Waals surface area (Å²) in [5, 5.41) is 3.15. The number of hydrogen-bond acceptors (Lipinski definition) is 3. The molecule has 1 aliphatic rings. The lowest BCUT2D eigenvalue weighted by Crippen LogP contribution is -2.50. The van der Waals surface area contributed by atoms with Gasteiger partial charge in [-0.2, -0.15) is 0 Å². The number of guanidine groups is 1. The van der Waals surface area contributed by atoms with E-state index in [1.165, 1.54) is 25.7 Å². The number of methoxy groups -OCH3 is 1. The van der Waals surface area contributed by atoms with Gasteiger partial charge in [0, 0.05) is 11.2 Å². The Morgan fingerprint density at radius 1 is 1.39 bits per heavy atom. The Hall–Kier alpha value is -1.75. The molecule has 0 spiro atoms. The summed E-state index contributed by atoms with van der Waals surface area (Å²) in [7, 11) is 5.96. The molecule has 2 atom stereocenters. The quantitative estimate of drug-likeness (QED) is 0.647. The topological polar surface area (TPSA) is 62.9 Å². The van der Waals surface area contributed by atoms with Crippen LogP contribution in [0, 0.1) is 5.92 Å². The molecule has 0 heterocycles. The van der Waals surface area contributed by atoms with Crippen molar-refractivity contribution in [1.29, 1.82) is 0 Å². The molecule has 5 heteroatoms. The maximum Gasteiger partial charge on any atom is 0.193 e. The Morgan fingerprint density at radius 2 is 2.09 bits per heavy atom. The highest BCUT2D eigenvalue weighted by Crippen LogP contribution is 2.35. The summed E-state index contributed by atoms with van der Waals surface area (Å²) in [6.07, 6.45) is 4.95. The Morgan fingerprint density at radius 3 is 2.65 bits per heavy atom. The molecule has 2 rings (SSSR count). The standard InChI is InChI=1S/C18H30N4O/c1-14-6-5-11-18(12-14,22(2)3)13-20-17(19)21-15-7-9-16(23-4)10-8-15/h7-10,14H,5-6,11-13H2,1-4H3,(H3,19,20,21). The maximum absolute atomic E-state index is 6.08. The van der Waals surface area contributed by atoms with Crippen molar-refractivity contribution in [3.05, 3.63) is 24.3 Å². The van der Waals surface area contributed by atoms with Gasteiger partial charge in [0.05, 0.1) is 13.7 Å². The van der Waals surface area contributed by atoms with Crippen molar-refractivity contribution in [2.45, 2.75) is 38.1 Å². The first kappa shape index (κ1) is 17.6. The van der Waals surface area contributed by atoms with Crippen LogP contribution in [0.4, 0.5) is 5.69 Å².